The van der Waals surface area contributed by atoms with Crippen molar-refractivity contribution in [3.05, 3.63) is 51.1 Å². The Balaban J connectivity index is 1.10. The Morgan fingerprint density at radius 3 is 2.97 bits per heavy atom. The predicted octanol–water partition coefficient (Wildman–Crippen LogP) is 4.04. The van der Waals surface area contributed by atoms with Crippen molar-refractivity contribution >= 4 is 34.0 Å². The molecule has 0 unspecified atom stereocenters. The van der Waals surface area contributed by atoms with Crippen molar-refractivity contribution in [2.24, 2.45) is 0 Å². The number of piperidine rings is 1. The summed E-state index contributed by atoms with van der Waals surface area (Å²) in [6.07, 6.45) is 3.69. The minimum absolute atomic E-state index is 0.0264. The number of nitrogens with zero attached hydrogens (tertiary/aromatic N) is 2. The Hall–Kier alpha value is -2.58. The SMILES string of the molecule is O=C1Cc2cc(C(=O)CCCN3CCC(c4noc5cc(F)ccc45)CC3)sc2CN1. The summed E-state index contributed by atoms with van der Waals surface area (Å²) >= 11 is 1.51. The number of carbonyl (C=O) groups is 2. The van der Waals surface area contributed by atoms with Gasteiger partial charge in [0.2, 0.25) is 5.91 Å². The number of benzene rings is 1. The lowest BCUT2D eigenvalue weighted by Gasteiger charge is -2.31. The molecule has 3 aromatic rings. The highest BCUT2D eigenvalue weighted by atomic mass is 32.1. The summed E-state index contributed by atoms with van der Waals surface area (Å²) in [6, 6.07) is 6.49. The number of rotatable bonds is 6. The van der Waals surface area contributed by atoms with Gasteiger partial charge in [0.15, 0.2) is 11.4 Å². The summed E-state index contributed by atoms with van der Waals surface area (Å²) in [7, 11) is 0. The predicted molar refractivity (Wildman–Crippen MR) is 116 cm³/mol. The summed E-state index contributed by atoms with van der Waals surface area (Å²) in [5, 5.41) is 7.94. The standard InChI is InChI=1S/C23H24FN3O3S/c24-16-3-4-17-19(12-16)30-26-23(17)14-5-8-27(9-6-14)7-1-2-18(28)20-10-15-11-22(29)25-13-21(15)31-20/h3-4,10,12,14H,1-2,5-9,11,13H2,(H,25,29). The largest absolute Gasteiger partial charge is 0.356 e. The topological polar surface area (TPSA) is 75.4 Å². The van der Waals surface area contributed by atoms with E-state index in [4.69, 9.17) is 4.52 Å². The molecule has 0 spiro atoms. The zero-order valence-corrected chi connectivity index (χ0v) is 18.0. The second-order valence-electron chi connectivity index (χ2n) is 8.36. The van der Waals surface area contributed by atoms with E-state index in [1.807, 2.05) is 6.07 Å². The Morgan fingerprint density at radius 2 is 2.13 bits per heavy atom. The fourth-order valence-corrected chi connectivity index (χ4v) is 5.65. The molecule has 0 atom stereocenters. The van der Waals surface area contributed by atoms with Crippen LogP contribution in [0.25, 0.3) is 11.0 Å². The van der Waals surface area contributed by atoms with Crippen LogP contribution in [0.15, 0.2) is 28.8 Å². The number of hydrogen-bond donors (Lipinski definition) is 1. The van der Waals surface area contributed by atoms with Gasteiger partial charge < -0.3 is 14.7 Å². The molecule has 1 saturated heterocycles. The van der Waals surface area contributed by atoms with Crippen LogP contribution in [-0.2, 0) is 17.8 Å². The molecule has 4 heterocycles. The number of Topliss-reactive ketones (excluding diaryl/α,β-unsaturated/α-hetero) is 1. The second-order valence-corrected chi connectivity index (χ2v) is 9.50. The fraction of sp³-hybridized carbons (Fsp3) is 0.435. The Bertz CT molecular complexity index is 1130. The van der Waals surface area contributed by atoms with Gasteiger partial charge in [-0.3, -0.25) is 9.59 Å². The number of ketones is 1. The van der Waals surface area contributed by atoms with Gasteiger partial charge in [0, 0.05) is 28.7 Å². The van der Waals surface area contributed by atoms with Crippen molar-refractivity contribution in [3.63, 3.8) is 0 Å². The summed E-state index contributed by atoms with van der Waals surface area (Å²) < 4.78 is 18.7. The molecule has 1 aromatic carbocycles. The Morgan fingerprint density at radius 1 is 1.29 bits per heavy atom. The molecule has 0 aliphatic carbocycles. The van der Waals surface area contributed by atoms with E-state index in [0.29, 0.717) is 30.9 Å². The van der Waals surface area contributed by atoms with Gasteiger partial charge in [0.1, 0.15) is 5.82 Å². The number of halogens is 1. The first-order valence-corrected chi connectivity index (χ1v) is 11.6. The maximum absolute atomic E-state index is 13.4. The minimum atomic E-state index is -0.313. The summed E-state index contributed by atoms with van der Waals surface area (Å²) in [5.41, 5.74) is 2.44. The van der Waals surface area contributed by atoms with Gasteiger partial charge >= 0.3 is 0 Å². The van der Waals surface area contributed by atoms with Gasteiger partial charge in [-0.2, -0.15) is 0 Å². The number of aromatic nitrogens is 1. The molecular formula is C23H24FN3O3S. The molecule has 1 fully saturated rings. The van der Waals surface area contributed by atoms with Gasteiger partial charge in [-0.25, -0.2) is 4.39 Å². The molecule has 0 radical (unpaired) electrons. The van der Waals surface area contributed by atoms with Gasteiger partial charge in [0.05, 0.1) is 23.5 Å². The molecular weight excluding hydrogens is 417 g/mol. The zero-order chi connectivity index (χ0) is 21.4. The van der Waals surface area contributed by atoms with Crippen LogP contribution in [0, 0.1) is 5.82 Å². The van der Waals surface area contributed by atoms with E-state index >= 15 is 0 Å². The lowest BCUT2D eigenvalue weighted by Crippen LogP contribution is -2.34. The summed E-state index contributed by atoms with van der Waals surface area (Å²) in [5.74, 6) is 0.201. The number of carbonyl (C=O) groups excluding carboxylic acids is 2. The highest BCUT2D eigenvalue weighted by molar-refractivity contribution is 7.14. The molecule has 0 saturated carbocycles. The zero-order valence-electron chi connectivity index (χ0n) is 17.2. The van der Waals surface area contributed by atoms with Crippen LogP contribution in [0.4, 0.5) is 4.39 Å². The van der Waals surface area contributed by atoms with Crippen molar-refractivity contribution < 1.29 is 18.5 Å². The Kier molecular flexibility index (Phi) is 5.58. The normalized spacial score (nSPS) is 17.6. The highest BCUT2D eigenvalue weighted by Gasteiger charge is 2.25. The molecule has 162 valence electrons. The van der Waals surface area contributed by atoms with Crippen LogP contribution < -0.4 is 5.32 Å². The quantitative estimate of drug-likeness (QED) is 0.585. The molecule has 8 heteroatoms. The molecule has 2 aliphatic rings. The summed E-state index contributed by atoms with van der Waals surface area (Å²) in [4.78, 5) is 28.4. The maximum Gasteiger partial charge on any atom is 0.224 e. The first-order chi connectivity index (χ1) is 15.1. The van der Waals surface area contributed by atoms with E-state index in [0.717, 1.165) is 65.3 Å². The van der Waals surface area contributed by atoms with Crippen LogP contribution in [0.2, 0.25) is 0 Å². The van der Waals surface area contributed by atoms with Crippen LogP contribution in [0.3, 0.4) is 0 Å². The minimum Gasteiger partial charge on any atom is -0.356 e. The number of nitrogens with one attached hydrogen (secondary N) is 1. The van der Waals surface area contributed by atoms with Crippen LogP contribution in [0.5, 0.6) is 0 Å². The smallest absolute Gasteiger partial charge is 0.224 e. The first-order valence-electron chi connectivity index (χ1n) is 10.8. The Labute approximate surface area is 183 Å². The number of likely N-dealkylation sites (tertiary alicyclic amines) is 1. The second kappa shape index (κ2) is 8.51. The summed E-state index contributed by atoms with van der Waals surface area (Å²) in [6.45, 7) is 3.34. The molecule has 2 aromatic heterocycles. The first kappa shape index (κ1) is 20.3. The van der Waals surface area contributed by atoms with Crippen molar-refractivity contribution in [2.75, 3.05) is 19.6 Å². The lowest BCUT2D eigenvalue weighted by molar-refractivity contribution is -0.121. The monoisotopic (exact) mass is 441 g/mol. The van der Waals surface area contributed by atoms with Crippen molar-refractivity contribution in [3.8, 4) is 0 Å². The number of fused-ring (bicyclic) bond motifs is 2. The third-order valence-electron chi connectivity index (χ3n) is 6.28. The van der Waals surface area contributed by atoms with Crippen LogP contribution in [-0.4, -0.2) is 41.4 Å². The van der Waals surface area contributed by atoms with E-state index in [9.17, 15) is 14.0 Å². The number of thiophene rings is 1. The molecule has 1 N–H and O–H groups in total. The van der Waals surface area contributed by atoms with Gasteiger partial charge in [-0.1, -0.05) is 5.16 Å². The molecule has 1 amide bonds. The van der Waals surface area contributed by atoms with E-state index in [2.05, 4.69) is 15.4 Å². The molecule has 6 nitrogen and oxygen atoms in total. The van der Waals surface area contributed by atoms with E-state index in [-0.39, 0.29) is 17.5 Å². The van der Waals surface area contributed by atoms with Gasteiger partial charge in [-0.05, 0) is 62.7 Å². The van der Waals surface area contributed by atoms with E-state index in [1.165, 1.54) is 23.5 Å². The molecule has 5 rings (SSSR count). The third kappa shape index (κ3) is 4.27. The molecule has 2 aliphatic heterocycles. The maximum atomic E-state index is 13.4. The fourth-order valence-electron chi connectivity index (χ4n) is 4.56. The van der Waals surface area contributed by atoms with Crippen LogP contribution >= 0.6 is 11.3 Å². The molecule has 0 bridgehead atoms. The highest BCUT2D eigenvalue weighted by Crippen LogP contribution is 2.33. The lowest BCUT2D eigenvalue weighted by atomic mass is 9.91. The number of hydrogen-bond acceptors (Lipinski definition) is 6. The van der Waals surface area contributed by atoms with Crippen molar-refractivity contribution in [1.29, 1.82) is 0 Å². The van der Waals surface area contributed by atoms with Crippen molar-refractivity contribution in [2.45, 2.75) is 44.6 Å². The number of amides is 1. The van der Waals surface area contributed by atoms with Gasteiger partial charge in [-0.15, -0.1) is 11.3 Å². The average Bonchev–Trinajstić information content (AvgIpc) is 3.37. The van der Waals surface area contributed by atoms with Crippen LogP contribution in [0.1, 0.15) is 57.4 Å². The van der Waals surface area contributed by atoms with Gasteiger partial charge in [0.25, 0.3) is 0 Å². The van der Waals surface area contributed by atoms with E-state index < -0.39 is 0 Å². The third-order valence-corrected chi connectivity index (χ3v) is 7.50. The van der Waals surface area contributed by atoms with Crippen molar-refractivity contribution in [1.82, 2.24) is 15.4 Å². The molecule has 31 heavy (non-hydrogen) atoms. The van der Waals surface area contributed by atoms with E-state index in [1.54, 1.807) is 6.07 Å². The average molecular weight is 442 g/mol.